The quantitative estimate of drug-likeness (QED) is 0.603. The Hall–Kier alpha value is 1.63. The molecule has 0 saturated carbocycles. The van der Waals surface area contributed by atoms with E-state index in [1.54, 1.807) is 0 Å². The molecule has 0 amide bonds. The average Bonchev–Trinajstić information content (AvgIpc) is 1.59. The second-order valence-corrected chi connectivity index (χ2v) is 6.38. The Morgan fingerprint density at radius 2 is 0.889 bits per heavy atom. The zero-order valence-electron chi connectivity index (χ0n) is 4.99. The lowest BCUT2D eigenvalue weighted by molar-refractivity contribution is 1.68. The Kier molecular flexibility index (Phi) is 3.75. The van der Waals surface area contributed by atoms with Crippen LogP contribution in [-0.4, -0.2) is 16.6 Å². The average molecular weight is 314 g/mol. The van der Waals surface area contributed by atoms with E-state index in [0.29, 0.717) is 16.6 Å². The molecule has 0 aromatic rings. The predicted octanol–water partition coefficient (Wildman–Crippen LogP) is 2.78. The van der Waals surface area contributed by atoms with Crippen LogP contribution in [0.15, 0.2) is 0 Å². The molecule has 1 saturated heterocycles. The minimum absolute atomic E-state index is 0.708. The van der Waals surface area contributed by atoms with E-state index in [1.165, 1.54) is 18.7 Å². The molecule has 1 fully saturated rings. The molecule has 1 aliphatic heterocycles. The van der Waals surface area contributed by atoms with Crippen molar-refractivity contribution in [1.82, 2.24) is 0 Å². The highest BCUT2D eigenvalue weighted by Gasteiger charge is 2.31. The standard InChI is InChI=1S/C3H6B3Br3/c7-4-1-5(8)3-6(9)2-4/h1-3H2. The zero-order valence-corrected chi connectivity index (χ0v) is 9.75. The Morgan fingerprint density at radius 1 is 0.667 bits per heavy atom. The third kappa shape index (κ3) is 3.02. The number of hydrogen-bond donors (Lipinski definition) is 0. The summed E-state index contributed by atoms with van der Waals surface area (Å²) in [6.45, 7) is 0. The Morgan fingerprint density at radius 3 is 1.11 bits per heavy atom. The van der Waals surface area contributed by atoms with Crippen LogP contribution in [0.2, 0.25) is 18.7 Å². The first kappa shape index (κ1) is 8.73. The van der Waals surface area contributed by atoms with Crippen molar-refractivity contribution in [2.24, 2.45) is 0 Å². The van der Waals surface area contributed by atoms with Gasteiger partial charge in [0.2, 0.25) is 16.6 Å². The molecule has 0 radical (unpaired) electrons. The van der Waals surface area contributed by atoms with E-state index < -0.39 is 0 Å². The van der Waals surface area contributed by atoms with Crippen molar-refractivity contribution < 1.29 is 0 Å². The molecule has 6 heteroatoms. The number of halogens is 3. The van der Waals surface area contributed by atoms with Gasteiger partial charge in [-0.25, -0.2) is 0 Å². The van der Waals surface area contributed by atoms with Crippen molar-refractivity contribution in [3.63, 3.8) is 0 Å². The maximum Gasteiger partial charge on any atom is 0.210 e. The molecule has 1 rings (SSSR count). The van der Waals surface area contributed by atoms with Crippen molar-refractivity contribution >= 4 is 63.9 Å². The molecular weight excluding hydrogens is 308 g/mol. The maximum absolute atomic E-state index is 3.61. The molecule has 1 aliphatic rings. The highest BCUT2D eigenvalue weighted by molar-refractivity contribution is 9.27. The lowest BCUT2D eigenvalue weighted by Crippen LogP contribution is -2.29. The van der Waals surface area contributed by atoms with Crippen LogP contribution in [0, 0.1) is 0 Å². The molecule has 1 heterocycles. The van der Waals surface area contributed by atoms with E-state index in [9.17, 15) is 0 Å². The first-order valence-corrected chi connectivity index (χ1v) is 5.85. The maximum atomic E-state index is 3.61. The summed E-state index contributed by atoms with van der Waals surface area (Å²) in [5.74, 6) is 0. The van der Waals surface area contributed by atoms with E-state index in [4.69, 9.17) is 0 Å². The second-order valence-electron chi connectivity index (χ2n) is 2.50. The van der Waals surface area contributed by atoms with E-state index in [2.05, 4.69) is 47.3 Å². The lowest BCUT2D eigenvalue weighted by Gasteiger charge is -2.18. The van der Waals surface area contributed by atoms with Crippen molar-refractivity contribution in [3.8, 4) is 0 Å². The summed E-state index contributed by atoms with van der Waals surface area (Å²) in [6.07, 6.45) is 3.80. The van der Waals surface area contributed by atoms with Gasteiger partial charge in [0.15, 0.2) is 0 Å². The van der Waals surface area contributed by atoms with Gasteiger partial charge < -0.3 is 0 Å². The molecule has 0 bridgehead atoms. The second kappa shape index (κ2) is 3.86. The van der Waals surface area contributed by atoms with E-state index in [1.807, 2.05) is 0 Å². The van der Waals surface area contributed by atoms with Crippen LogP contribution >= 0.6 is 47.3 Å². The minimum atomic E-state index is 0.708. The van der Waals surface area contributed by atoms with E-state index in [-0.39, 0.29) is 0 Å². The Bertz CT molecular complexity index is 75.3. The summed E-state index contributed by atoms with van der Waals surface area (Å²) in [6, 6.07) is 0. The highest BCUT2D eigenvalue weighted by atomic mass is 79.9. The van der Waals surface area contributed by atoms with Gasteiger partial charge >= 0.3 is 0 Å². The summed E-state index contributed by atoms with van der Waals surface area (Å²) in [5, 5.41) is 0. The lowest BCUT2D eigenvalue weighted by atomic mass is 9.32. The van der Waals surface area contributed by atoms with Crippen LogP contribution in [0.4, 0.5) is 0 Å². The fraction of sp³-hybridized carbons (Fsp3) is 1.00. The molecule has 0 aromatic heterocycles. The van der Waals surface area contributed by atoms with Crippen LogP contribution in [0.25, 0.3) is 0 Å². The fourth-order valence-corrected chi connectivity index (χ4v) is 5.33. The molecule has 0 nitrogen and oxygen atoms in total. The van der Waals surface area contributed by atoms with Crippen molar-refractivity contribution in [2.45, 2.75) is 18.7 Å². The van der Waals surface area contributed by atoms with Gasteiger partial charge in [-0.1, -0.05) is 18.7 Å². The number of hydrogen-bond acceptors (Lipinski definition) is 0. The third-order valence-corrected chi connectivity index (χ3v) is 3.78. The zero-order chi connectivity index (χ0) is 6.85. The monoisotopic (exact) mass is 312 g/mol. The molecule has 0 N–H and O–H groups in total. The molecule has 0 unspecified atom stereocenters. The molecular formula is C3H6B3Br3. The van der Waals surface area contributed by atoms with Crippen LogP contribution in [0.5, 0.6) is 0 Å². The predicted molar refractivity (Wildman–Crippen MR) is 58.5 cm³/mol. The van der Waals surface area contributed by atoms with Crippen LogP contribution in [-0.2, 0) is 0 Å². The molecule has 0 atom stereocenters. The van der Waals surface area contributed by atoms with Crippen LogP contribution < -0.4 is 0 Å². The normalized spacial score (nSPS) is 21.0. The van der Waals surface area contributed by atoms with Crippen LogP contribution in [0.1, 0.15) is 0 Å². The van der Waals surface area contributed by atoms with E-state index >= 15 is 0 Å². The van der Waals surface area contributed by atoms with E-state index in [0.717, 1.165) is 0 Å². The summed E-state index contributed by atoms with van der Waals surface area (Å²) in [4.78, 5) is 0. The topological polar surface area (TPSA) is 0 Å². The fourth-order valence-electron chi connectivity index (χ4n) is 1.12. The van der Waals surface area contributed by atoms with Gasteiger partial charge in [0.05, 0.1) is 0 Å². The van der Waals surface area contributed by atoms with Gasteiger partial charge in [-0.15, -0.1) is 0 Å². The largest absolute Gasteiger partial charge is 0.210 e. The first-order valence-electron chi connectivity index (χ1n) is 3.10. The van der Waals surface area contributed by atoms with Crippen molar-refractivity contribution in [3.05, 3.63) is 0 Å². The summed E-state index contributed by atoms with van der Waals surface area (Å²) >= 11 is 10.8. The number of rotatable bonds is 0. The molecule has 48 valence electrons. The molecule has 0 aromatic carbocycles. The molecule has 0 aliphatic carbocycles. The SMILES string of the molecule is BrB1CB(Br)CB(Br)C1. The summed E-state index contributed by atoms with van der Waals surface area (Å²) in [5.41, 5.74) is 2.12. The molecule has 0 spiro atoms. The minimum Gasteiger partial charge on any atom is -0.158 e. The summed E-state index contributed by atoms with van der Waals surface area (Å²) in [7, 11) is 0. The highest BCUT2D eigenvalue weighted by Crippen LogP contribution is 2.27. The van der Waals surface area contributed by atoms with Gasteiger partial charge in [-0.2, -0.15) is 47.3 Å². The van der Waals surface area contributed by atoms with Gasteiger partial charge in [-0.05, 0) is 0 Å². The van der Waals surface area contributed by atoms with Crippen LogP contribution in [0.3, 0.4) is 0 Å². The Balaban J connectivity index is 2.34. The van der Waals surface area contributed by atoms with Gasteiger partial charge in [-0.3, -0.25) is 0 Å². The van der Waals surface area contributed by atoms with Crippen molar-refractivity contribution in [2.75, 3.05) is 0 Å². The first-order chi connectivity index (χ1) is 4.18. The van der Waals surface area contributed by atoms with Crippen molar-refractivity contribution in [1.29, 1.82) is 0 Å². The Labute approximate surface area is 82.1 Å². The smallest absolute Gasteiger partial charge is 0.158 e. The summed E-state index contributed by atoms with van der Waals surface area (Å²) < 4.78 is 0. The van der Waals surface area contributed by atoms with Gasteiger partial charge in [0.1, 0.15) is 0 Å². The third-order valence-electron chi connectivity index (χ3n) is 1.53. The molecule has 9 heavy (non-hydrogen) atoms. The van der Waals surface area contributed by atoms with Gasteiger partial charge in [0.25, 0.3) is 0 Å². The van der Waals surface area contributed by atoms with Gasteiger partial charge in [0, 0.05) is 0 Å².